The molecule has 1 fully saturated rings. The van der Waals surface area contributed by atoms with Crippen molar-refractivity contribution in [1.29, 1.82) is 0 Å². The number of carbonyl (C=O) groups excluding carboxylic acids is 3. The number of amidine groups is 1. The number of halogens is 2. The number of nitrogens with one attached hydrogen (secondary N) is 1. The predicted molar refractivity (Wildman–Crippen MR) is 119 cm³/mol. The molecule has 0 aromatic heterocycles. The van der Waals surface area contributed by atoms with Crippen LogP contribution in [0.4, 0.5) is 0 Å². The summed E-state index contributed by atoms with van der Waals surface area (Å²) in [4.78, 5) is 35.3. The van der Waals surface area contributed by atoms with Crippen LogP contribution in [0, 0.1) is 0 Å². The van der Waals surface area contributed by atoms with Gasteiger partial charge in [0, 0.05) is 11.1 Å². The quantitative estimate of drug-likeness (QED) is 0.230. The van der Waals surface area contributed by atoms with Crippen molar-refractivity contribution in [2.75, 3.05) is 7.11 Å². The zero-order chi connectivity index (χ0) is 22.4. The molecule has 1 aliphatic heterocycles. The van der Waals surface area contributed by atoms with E-state index in [-0.39, 0.29) is 20.7 Å². The summed E-state index contributed by atoms with van der Waals surface area (Å²) in [6.07, 6.45) is 2.52. The fourth-order valence-corrected chi connectivity index (χ4v) is 3.45. The molecule has 0 saturated carbocycles. The van der Waals surface area contributed by atoms with Gasteiger partial charge in [-0.25, -0.2) is 9.59 Å². The third kappa shape index (κ3) is 6.17. The van der Waals surface area contributed by atoms with E-state index in [1.165, 1.54) is 25.5 Å². The minimum absolute atomic E-state index is 0.160. The molecule has 3 rings (SSSR count). The summed E-state index contributed by atoms with van der Waals surface area (Å²) in [5, 5.41) is 11.1. The highest BCUT2D eigenvalue weighted by Crippen LogP contribution is 2.24. The minimum Gasteiger partial charge on any atom is -0.466 e. The molecule has 2 aromatic rings. The third-order valence-electron chi connectivity index (χ3n) is 3.70. The number of nitrogens with zero attached hydrogens (tertiary/aromatic N) is 2. The van der Waals surface area contributed by atoms with E-state index in [1.807, 2.05) is 0 Å². The standard InChI is InChI=1S/C20H13Cl2N3O5S/c1-29-17(26)9-16-18(27)24-20(31-16)25-23-10-11-2-5-13(6-3-11)30-19(28)14-7-4-12(21)8-15(14)22/h2-10H,1H3,(H,24,25,27)/b16-9+,23-10?. The lowest BCUT2D eigenvalue weighted by molar-refractivity contribution is -0.135. The van der Waals surface area contributed by atoms with Gasteiger partial charge in [-0.1, -0.05) is 23.2 Å². The van der Waals surface area contributed by atoms with Crippen LogP contribution in [0.3, 0.4) is 0 Å². The monoisotopic (exact) mass is 477 g/mol. The molecule has 1 amide bonds. The lowest BCUT2D eigenvalue weighted by Crippen LogP contribution is -2.19. The van der Waals surface area contributed by atoms with Crippen LogP contribution in [0.25, 0.3) is 0 Å². The van der Waals surface area contributed by atoms with E-state index in [0.717, 1.165) is 17.8 Å². The smallest absolute Gasteiger partial charge is 0.345 e. The van der Waals surface area contributed by atoms with E-state index in [9.17, 15) is 14.4 Å². The van der Waals surface area contributed by atoms with Gasteiger partial charge in [0.25, 0.3) is 5.91 Å². The Kier molecular flexibility index (Phi) is 7.45. The molecule has 0 bridgehead atoms. The van der Waals surface area contributed by atoms with Crippen LogP contribution in [-0.4, -0.2) is 36.3 Å². The number of benzene rings is 2. The first-order valence-electron chi connectivity index (χ1n) is 8.53. The topological polar surface area (TPSA) is 106 Å². The predicted octanol–water partition coefficient (Wildman–Crippen LogP) is 3.82. The second-order valence-corrected chi connectivity index (χ2v) is 7.69. The number of ether oxygens (including phenoxy) is 2. The Morgan fingerprint density at radius 3 is 2.55 bits per heavy atom. The molecule has 1 saturated heterocycles. The molecule has 8 nitrogen and oxygen atoms in total. The average Bonchev–Trinajstić information content (AvgIpc) is 3.08. The number of thioether (sulfide) groups is 1. The second-order valence-electron chi connectivity index (χ2n) is 5.82. The summed E-state index contributed by atoms with van der Waals surface area (Å²) >= 11 is 12.8. The van der Waals surface area contributed by atoms with Crippen molar-refractivity contribution in [2.45, 2.75) is 0 Å². The molecule has 0 aliphatic carbocycles. The van der Waals surface area contributed by atoms with E-state index in [2.05, 4.69) is 20.3 Å². The molecule has 2 aromatic carbocycles. The molecule has 0 unspecified atom stereocenters. The number of hydrogen-bond acceptors (Lipinski definition) is 8. The molecular weight excluding hydrogens is 465 g/mol. The lowest BCUT2D eigenvalue weighted by Gasteiger charge is -2.06. The minimum atomic E-state index is -0.637. The highest BCUT2D eigenvalue weighted by atomic mass is 35.5. The van der Waals surface area contributed by atoms with E-state index < -0.39 is 17.8 Å². The molecule has 31 heavy (non-hydrogen) atoms. The van der Waals surface area contributed by atoms with Gasteiger partial charge in [-0.05, 0) is 59.8 Å². The van der Waals surface area contributed by atoms with Gasteiger partial charge in [0.05, 0.1) is 28.8 Å². The van der Waals surface area contributed by atoms with Crippen molar-refractivity contribution in [3.8, 4) is 5.75 Å². The fraction of sp³-hybridized carbons (Fsp3) is 0.0500. The Bertz CT molecular complexity index is 1130. The molecule has 0 radical (unpaired) electrons. The van der Waals surface area contributed by atoms with Gasteiger partial charge in [-0.2, -0.15) is 5.10 Å². The zero-order valence-corrected chi connectivity index (χ0v) is 18.1. The van der Waals surface area contributed by atoms with Gasteiger partial charge < -0.3 is 9.47 Å². The van der Waals surface area contributed by atoms with Gasteiger partial charge in [-0.3, -0.25) is 10.1 Å². The Hall–Kier alpha value is -3.14. The number of esters is 2. The van der Waals surface area contributed by atoms with Crippen LogP contribution in [-0.2, 0) is 14.3 Å². The van der Waals surface area contributed by atoms with E-state index >= 15 is 0 Å². The first kappa shape index (κ1) is 22.5. The maximum Gasteiger partial charge on any atom is 0.345 e. The summed E-state index contributed by atoms with van der Waals surface area (Å²) in [5.41, 5.74) is 0.873. The highest BCUT2D eigenvalue weighted by Gasteiger charge is 2.25. The second kappa shape index (κ2) is 10.3. The SMILES string of the molecule is COC(=O)/C=C1/S/C(=N\N=Cc2ccc(OC(=O)c3ccc(Cl)cc3Cl)cc2)NC1=O. The maximum absolute atomic E-state index is 12.2. The van der Waals surface area contributed by atoms with Crippen LogP contribution in [0.2, 0.25) is 10.0 Å². The zero-order valence-electron chi connectivity index (χ0n) is 15.8. The van der Waals surface area contributed by atoms with Crippen molar-refractivity contribution in [2.24, 2.45) is 10.2 Å². The van der Waals surface area contributed by atoms with Crippen molar-refractivity contribution in [1.82, 2.24) is 5.32 Å². The Labute approximate surface area is 190 Å². The van der Waals surface area contributed by atoms with Gasteiger partial charge >= 0.3 is 11.9 Å². The first-order chi connectivity index (χ1) is 14.9. The average molecular weight is 478 g/mol. The number of rotatable bonds is 5. The molecule has 0 atom stereocenters. The first-order valence-corrected chi connectivity index (χ1v) is 10.1. The van der Waals surface area contributed by atoms with Crippen LogP contribution in [0.1, 0.15) is 15.9 Å². The molecule has 11 heteroatoms. The van der Waals surface area contributed by atoms with Gasteiger partial charge in [0.2, 0.25) is 0 Å². The van der Waals surface area contributed by atoms with E-state index in [4.69, 9.17) is 27.9 Å². The van der Waals surface area contributed by atoms with Crippen LogP contribution < -0.4 is 10.1 Å². The van der Waals surface area contributed by atoms with E-state index in [0.29, 0.717) is 16.3 Å². The normalized spacial score (nSPS) is 16.0. The van der Waals surface area contributed by atoms with Crippen LogP contribution in [0.15, 0.2) is 63.6 Å². The molecule has 0 spiro atoms. The van der Waals surface area contributed by atoms with Crippen molar-refractivity contribution in [3.05, 3.63) is 74.6 Å². The highest BCUT2D eigenvalue weighted by molar-refractivity contribution is 8.18. The van der Waals surface area contributed by atoms with Crippen LogP contribution in [0.5, 0.6) is 5.75 Å². The number of carbonyl (C=O) groups is 3. The van der Waals surface area contributed by atoms with Crippen molar-refractivity contribution in [3.63, 3.8) is 0 Å². The number of methoxy groups -OCH3 is 1. The number of hydrogen-bond donors (Lipinski definition) is 1. The summed E-state index contributed by atoms with van der Waals surface area (Å²) in [7, 11) is 1.22. The summed E-state index contributed by atoms with van der Waals surface area (Å²) in [6.45, 7) is 0. The Morgan fingerprint density at radius 1 is 1.13 bits per heavy atom. The Morgan fingerprint density at radius 2 is 1.87 bits per heavy atom. The maximum atomic E-state index is 12.2. The summed E-state index contributed by atoms with van der Waals surface area (Å²) < 4.78 is 9.78. The molecule has 1 heterocycles. The molecule has 1 aliphatic rings. The largest absolute Gasteiger partial charge is 0.466 e. The molecule has 1 N–H and O–H groups in total. The Balaban J connectivity index is 1.60. The van der Waals surface area contributed by atoms with E-state index in [1.54, 1.807) is 30.3 Å². The fourth-order valence-electron chi connectivity index (χ4n) is 2.23. The van der Waals surface area contributed by atoms with Crippen LogP contribution >= 0.6 is 35.0 Å². The summed E-state index contributed by atoms with van der Waals surface area (Å²) in [6, 6.07) is 11.0. The summed E-state index contributed by atoms with van der Waals surface area (Å²) in [5.74, 6) is -1.40. The van der Waals surface area contributed by atoms with Gasteiger partial charge in [-0.15, -0.1) is 5.10 Å². The lowest BCUT2D eigenvalue weighted by atomic mass is 10.2. The molecular formula is C20H13Cl2N3O5S. The van der Waals surface area contributed by atoms with Gasteiger partial charge in [0.15, 0.2) is 5.17 Å². The van der Waals surface area contributed by atoms with Crippen molar-refractivity contribution < 1.29 is 23.9 Å². The molecule has 158 valence electrons. The van der Waals surface area contributed by atoms with Gasteiger partial charge in [0.1, 0.15) is 5.75 Å². The third-order valence-corrected chi connectivity index (χ3v) is 5.15. The number of amides is 1. The van der Waals surface area contributed by atoms with Crippen molar-refractivity contribution >= 4 is 64.2 Å².